The minimum absolute atomic E-state index is 0.229. The fraction of sp³-hybridized carbons (Fsp3) is 0.562. The second kappa shape index (κ2) is 5.59. The number of nitrogens with one attached hydrogen (secondary N) is 1. The van der Waals surface area contributed by atoms with Crippen molar-refractivity contribution in [2.45, 2.75) is 52.5 Å². The summed E-state index contributed by atoms with van der Waals surface area (Å²) >= 11 is 0. The normalized spacial score (nSPS) is 16.0. The van der Waals surface area contributed by atoms with Gasteiger partial charge in [0.1, 0.15) is 5.82 Å². The van der Waals surface area contributed by atoms with E-state index >= 15 is 0 Å². The molecule has 1 saturated carbocycles. The molecule has 1 aliphatic carbocycles. The lowest BCUT2D eigenvalue weighted by atomic mass is 10.1. The van der Waals surface area contributed by atoms with Crippen molar-refractivity contribution in [1.82, 2.24) is 14.9 Å². The Morgan fingerprint density at radius 1 is 1.41 bits per heavy atom. The van der Waals surface area contributed by atoms with E-state index in [1.807, 2.05) is 25.5 Å². The van der Waals surface area contributed by atoms with Gasteiger partial charge in [0.15, 0.2) is 0 Å². The zero-order valence-electron chi connectivity index (χ0n) is 13.5. The number of hydrogen-bond donors (Lipinski definition) is 1. The van der Waals surface area contributed by atoms with Crippen molar-refractivity contribution in [3.8, 4) is 0 Å². The van der Waals surface area contributed by atoms with E-state index in [0.717, 1.165) is 17.1 Å². The highest BCUT2D eigenvalue weighted by Gasteiger charge is 2.31. The van der Waals surface area contributed by atoms with Gasteiger partial charge >= 0.3 is 0 Å². The lowest BCUT2D eigenvalue weighted by molar-refractivity contribution is 0.0986. The molecule has 2 aromatic rings. The summed E-state index contributed by atoms with van der Waals surface area (Å²) in [5.74, 6) is 1.58. The molecule has 118 valence electrons. The Balaban J connectivity index is 1.79. The highest BCUT2D eigenvalue weighted by Crippen LogP contribution is 2.40. The summed E-state index contributed by atoms with van der Waals surface area (Å²) in [7, 11) is 0. The third-order valence-electron chi connectivity index (χ3n) is 4.24. The molecule has 1 aliphatic rings. The number of aromatic nitrogens is 3. The zero-order chi connectivity index (χ0) is 15.9. The quantitative estimate of drug-likeness (QED) is 0.917. The smallest absolute Gasteiger partial charge is 0.295 e. The topological polar surface area (TPSA) is 73.0 Å². The first-order valence-electron chi connectivity index (χ1n) is 7.79. The van der Waals surface area contributed by atoms with Gasteiger partial charge in [-0.2, -0.15) is 5.10 Å². The van der Waals surface area contributed by atoms with Crippen LogP contribution in [0.3, 0.4) is 0 Å². The lowest BCUT2D eigenvalue weighted by Crippen LogP contribution is -2.18. The maximum Gasteiger partial charge on any atom is 0.295 e. The van der Waals surface area contributed by atoms with E-state index < -0.39 is 0 Å². The number of amides is 1. The molecule has 0 unspecified atom stereocenters. The van der Waals surface area contributed by atoms with E-state index in [1.54, 1.807) is 12.3 Å². The monoisotopic (exact) mass is 302 g/mol. The summed E-state index contributed by atoms with van der Waals surface area (Å²) in [6, 6.07) is 1.99. The van der Waals surface area contributed by atoms with Crippen LogP contribution in [0, 0.1) is 12.8 Å². The Kier molecular flexibility index (Phi) is 3.76. The maximum atomic E-state index is 12.4. The largest absolute Gasteiger partial charge is 0.351 e. The summed E-state index contributed by atoms with van der Waals surface area (Å²) in [5.41, 5.74) is 1.73. The SMILES string of the molecule is Cc1cnn([C@H](C)C2CC2)c1NC(=O)c1cc(C(C)C)no1. The summed E-state index contributed by atoms with van der Waals surface area (Å²) in [4.78, 5) is 12.4. The number of carbonyl (C=O) groups is 1. The highest BCUT2D eigenvalue weighted by atomic mass is 16.5. The third-order valence-corrected chi connectivity index (χ3v) is 4.24. The van der Waals surface area contributed by atoms with Crippen LogP contribution in [0.5, 0.6) is 0 Å². The Bertz CT molecular complexity index is 682. The molecule has 22 heavy (non-hydrogen) atoms. The van der Waals surface area contributed by atoms with Gasteiger partial charge in [0.2, 0.25) is 5.76 Å². The molecule has 6 heteroatoms. The van der Waals surface area contributed by atoms with E-state index in [1.165, 1.54) is 12.8 Å². The van der Waals surface area contributed by atoms with Crippen molar-refractivity contribution in [1.29, 1.82) is 0 Å². The van der Waals surface area contributed by atoms with Crippen LogP contribution in [0.25, 0.3) is 0 Å². The van der Waals surface area contributed by atoms with Gasteiger partial charge in [-0.1, -0.05) is 19.0 Å². The van der Waals surface area contributed by atoms with Crippen LogP contribution in [0.4, 0.5) is 5.82 Å². The number of carbonyl (C=O) groups excluding carboxylic acids is 1. The van der Waals surface area contributed by atoms with Crippen LogP contribution >= 0.6 is 0 Å². The Morgan fingerprint density at radius 2 is 2.14 bits per heavy atom. The minimum Gasteiger partial charge on any atom is -0.351 e. The van der Waals surface area contributed by atoms with Crippen molar-refractivity contribution < 1.29 is 9.32 Å². The molecule has 0 bridgehead atoms. The molecule has 3 rings (SSSR count). The van der Waals surface area contributed by atoms with E-state index in [4.69, 9.17) is 4.52 Å². The summed E-state index contributed by atoms with van der Waals surface area (Å²) < 4.78 is 7.05. The molecule has 2 heterocycles. The molecule has 2 aromatic heterocycles. The molecular weight excluding hydrogens is 280 g/mol. The fourth-order valence-corrected chi connectivity index (χ4v) is 2.53. The van der Waals surface area contributed by atoms with Gasteiger partial charge in [-0.25, -0.2) is 4.68 Å². The average Bonchev–Trinajstić information content (AvgIpc) is 3.09. The minimum atomic E-state index is -0.285. The zero-order valence-corrected chi connectivity index (χ0v) is 13.5. The summed E-state index contributed by atoms with van der Waals surface area (Å²) in [5, 5.41) is 11.3. The van der Waals surface area contributed by atoms with Gasteiger partial charge in [0.25, 0.3) is 5.91 Å². The van der Waals surface area contributed by atoms with Crippen LogP contribution < -0.4 is 5.32 Å². The standard InChI is InChI=1S/C16H22N4O2/c1-9(2)13-7-14(22-19-13)16(21)18-15-10(3)8-17-20(15)11(4)12-5-6-12/h7-9,11-12H,5-6H2,1-4H3,(H,18,21)/t11-/m1/s1. The van der Waals surface area contributed by atoms with Crippen LogP contribution in [0.2, 0.25) is 0 Å². The predicted molar refractivity (Wildman–Crippen MR) is 82.9 cm³/mol. The summed E-state index contributed by atoms with van der Waals surface area (Å²) in [6.45, 7) is 8.11. The van der Waals surface area contributed by atoms with E-state index in [0.29, 0.717) is 12.0 Å². The van der Waals surface area contributed by atoms with Crippen molar-refractivity contribution in [2.75, 3.05) is 5.32 Å². The second-order valence-corrected chi connectivity index (χ2v) is 6.42. The molecule has 1 fully saturated rings. The first-order valence-corrected chi connectivity index (χ1v) is 7.79. The number of rotatable bonds is 5. The average molecular weight is 302 g/mol. The third kappa shape index (κ3) is 2.77. The lowest BCUT2D eigenvalue weighted by Gasteiger charge is -2.15. The van der Waals surface area contributed by atoms with Crippen LogP contribution in [-0.2, 0) is 0 Å². The number of hydrogen-bond acceptors (Lipinski definition) is 4. The van der Waals surface area contributed by atoms with Crippen molar-refractivity contribution in [3.63, 3.8) is 0 Å². The molecule has 0 radical (unpaired) electrons. The second-order valence-electron chi connectivity index (χ2n) is 6.42. The molecule has 0 aromatic carbocycles. The van der Waals surface area contributed by atoms with Crippen molar-refractivity contribution in [2.24, 2.45) is 5.92 Å². The molecular formula is C16H22N4O2. The molecule has 0 aliphatic heterocycles. The molecule has 0 spiro atoms. The first-order chi connectivity index (χ1) is 10.5. The molecule has 1 atom stereocenters. The molecule has 1 amide bonds. The first kappa shape index (κ1) is 14.8. The van der Waals surface area contributed by atoms with Gasteiger partial charge in [0, 0.05) is 11.6 Å². The Hall–Kier alpha value is -2.11. The van der Waals surface area contributed by atoms with Crippen LogP contribution in [0.1, 0.15) is 67.4 Å². The Morgan fingerprint density at radius 3 is 2.73 bits per heavy atom. The number of anilines is 1. The van der Waals surface area contributed by atoms with Crippen LogP contribution in [0.15, 0.2) is 16.8 Å². The number of aryl methyl sites for hydroxylation is 1. The highest BCUT2D eigenvalue weighted by molar-refractivity contribution is 6.02. The van der Waals surface area contributed by atoms with E-state index in [-0.39, 0.29) is 17.6 Å². The molecule has 6 nitrogen and oxygen atoms in total. The van der Waals surface area contributed by atoms with E-state index in [9.17, 15) is 4.79 Å². The van der Waals surface area contributed by atoms with Gasteiger partial charge in [-0.15, -0.1) is 0 Å². The molecule has 1 N–H and O–H groups in total. The van der Waals surface area contributed by atoms with Gasteiger partial charge < -0.3 is 9.84 Å². The van der Waals surface area contributed by atoms with E-state index in [2.05, 4.69) is 22.5 Å². The van der Waals surface area contributed by atoms with Gasteiger partial charge in [-0.3, -0.25) is 4.79 Å². The predicted octanol–water partition coefficient (Wildman–Crippen LogP) is 3.53. The Labute approximate surface area is 129 Å². The van der Waals surface area contributed by atoms with Gasteiger partial charge in [0.05, 0.1) is 17.9 Å². The summed E-state index contributed by atoms with van der Waals surface area (Å²) in [6.07, 6.45) is 4.25. The van der Waals surface area contributed by atoms with Crippen molar-refractivity contribution in [3.05, 3.63) is 29.3 Å². The van der Waals surface area contributed by atoms with Crippen molar-refractivity contribution >= 4 is 11.7 Å². The fourth-order valence-electron chi connectivity index (χ4n) is 2.53. The molecule has 0 saturated heterocycles. The number of nitrogens with zero attached hydrogens (tertiary/aromatic N) is 3. The van der Waals surface area contributed by atoms with Gasteiger partial charge in [-0.05, 0) is 38.5 Å². The maximum absolute atomic E-state index is 12.4. The van der Waals surface area contributed by atoms with Crippen LogP contribution in [-0.4, -0.2) is 20.8 Å².